The Morgan fingerprint density at radius 2 is 2.38 bits per heavy atom. The molecule has 3 rings (SSSR count). The van der Waals surface area contributed by atoms with E-state index in [2.05, 4.69) is 15.4 Å². The van der Waals surface area contributed by atoms with E-state index in [0.29, 0.717) is 18.7 Å². The number of hydrogen-bond donors (Lipinski definition) is 1. The van der Waals surface area contributed by atoms with E-state index < -0.39 is 0 Å². The summed E-state index contributed by atoms with van der Waals surface area (Å²) < 4.78 is 1.69. The number of nitrogens with one attached hydrogen (secondary N) is 1. The van der Waals surface area contributed by atoms with Crippen molar-refractivity contribution in [3.8, 4) is 5.13 Å². The maximum atomic E-state index is 11.6. The molecule has 0 radical (unpaired) electrons. The van der Waals surface area contributed by atoms with Gasteiger partial charge in [-0.25, -0.2) is 9.67 Å². The van der Waals surface area contributed by atoms with E-state index in [1.54, 1.807) is 10.9 Å². The largest absolute Gasteiger partial charge is 0.304 e. The lowest BCUT2D eigenvalue weighted by Gasteiger charge is -2.08. The summed E-state index contributed by atoms with van der Waals surface area (Å²) in [6, 6.07) is 0. The number of fused-ring (bicyclic) bond motifs is 1. The Labute approximate surface area is 96.1 Å². The average molecular weight is 234 g/mol. The molecule has 16 heavy (non-hydrogen) atoms. The molecule has 1 aliphatic rings. The van der Waals surface area contributed by atoms with Crippen LogP contribution in [0.3, 0.4) is 0 Å². The predicted molar refractivity (Wildman–Crippen MR) is 60.0 cm³/mol. The first-order valence-corrected chi connectivity index (χ1v) is 5.87. The number of carbonyl (C=O) groups is 1. The topological polar surface area (TPSA) is 59.8 Å². The first kappa shape index (κ1) is 9.68. The van der Waals surface area contributed by atoms with E-state index in [1.807, 2.05) is 12.3 Å². The lowest BCUT2D eigenvalue weighted by Crippen LogP contribution is -2.29. The third-order valence-electron chi connectivity index (χ3n) is 2.47. The molecule has 1 aliphatic heterocycles. The van der Waals surface area contributed by atoms with E-state index >= 15 is 0 Å². The number of thiazole rings is 1. The van der Waals surface area contributed by atoms with Gasteiger partial charge in [0.2, 0.25) is 5.13 Å². The van der Waals surface area contributed by atoms with Gasteiger partial charge in [0, 0.05) is 18.1 Å². The Bertz CT molecular complexity index is 557. The van der Waals surface area contributed by atoms with Crippen LogP contribution in [-0.4, -0.2) is 27.1 Å². The summed E-state index contributed by atoms with van der Waals surface area (Å²) in [6.45, 7) is 2.99. The summed E-state index contributed by atoms with van der Waals surface area (Å²) in [5.41, 5.74) is 2.49. The molecule has 0 aromatic carbocycles. The summed E-state index contributed by atoms with van der Waals surface area (Å²) in [4.78, 5) is 15.9. The van der Waals surface area contributed by atoms with Crippen LogP contribution in [0.1, 0.15) is 21.7 Å². The maximum Gasteiger partial charge on any atom is 0.210 e. The van der Waals surface area contributed by atoms with E-state index in [0.717, 1.165) is 16.5 Å². The summed E-state index contributed by atoms with van der Waals surface area (Å²) in [7, 11) is 0. The van der Waals surface area contributed by atoms with Crippen LogP contribution >= 0.6 is 11.3 Å². The predicted octanol–water partition coefficient (Wildman–Crippen LogP) is 0.923. The Kier molecular flexibility index (Phi) is 2.12. The highest BCUT2D eigenvalue weighted by Gasteiger charge is 2.21. The summed E-state index contributed by atoms with van der Waals surface area (Å²) >= 11 is 1.52. The third kappa shape index (κ3) is 1.46. The first-order valence-electron chi connectivity index (χ1n) is 4.99. The first-order chi connectivity index (χ1) is 7.74. The van der Waals surface area contributed by atoms with Crippen LogP contribution in [0, 0.1) is 6.92 Å². The van der Waals surface area contributed by atoms with Gasteiger partial charge in [0.05, 0.1) is 23.5 Å². The van der Waals surface area contributed by atoms with Crippen molar-refractivity contribution in [1.29, 1.82) is 0 Å². The molecule has 6 heteroatoms. The lowest BCUT2D eigenvalue weighted by atomic mass is 10.1. The Morgan fingerprint density at radius 1 is 1.50 bits per heavy atom. The molecule has 0 saturated heterocycles. The van der Waals surface area contributed by atoms with Gasteiger partial charge in [0.15, 0.2) is 5.78 Å². The minimum atomic E-state index is 0.0979. The van der Waals surface area contributed by atoms with Crippen molar-refractivity contribution >= 4 is 17.1 Å². The van der Waals surface area contributed by atoms with Gasteiger partial charge in [0.1, 0.15) is 0 Å². The molecule has 0 fully saturated rings. The summed E-state index contributed by atoms with van der Waals surface area (Å²) in [5.74, 6) is 0.0979. The molecular weight excluding hydrogens is 224 g/mol. The minimum Gasteiger partial charge on any atom is -0.304 e. The summed E-state index contributed by atoms with van der Waals surface area (Å²) in [5, 5.41) is 10.2. The van der Waals surface area contributed by atoms with Gasteiger partial charge in [-0.2, -0.15) is 5.10 Å². The van der Waals surface area contributed by atoms with Gasteiger partial charge >= 0.3 is 0 Å². The van der Waals surface area contributed by atoms with E-state index in [1.165, 1.54) is 11.3 Å². The van der Waals surface area contributed by atoms with Crippen molar-refractivity contribution in [2.45, 2.75) is 13.5 Å². The molecule has 0 unspecified atom stereocenters. The van der Waals surface area contributed by atoms with Crippen molar-refractivity contribution < 1.29 is 4.79 Å². The van der Waals surface area contributed by atoms with E-state index in [9.17, 15) is 4.79 Å². The Balaban J connectivity index is 2.07. The van der Waals surface area contributed by atoms with Crippen LogP contribution in [0.25, 0.3) is 5.13 Å². The van der Waals surface area contributed by atoms with Crippen molar-refractivity contribution in [1.82, 2.24) is 20.1 Å². The number of aromatic nitrogens is 3. The molecular formula is C10H10N4OS. The number of aryl methyl sites for hydroxylation is 1. The van der Waals surface area contributed by atoms with Gasteiger partial charge in [0.25, 0.3) is 0 Å². The number of ketones is 1. The zero-order chi connectivity index (χ0) is 11.1. The van der Waals surface area contributed by atoms with Gasteiger partial charge in [-0.15, -0.1) is 11.3 Å². The van der Waals surface area contributed by atoms with Crippen LogP contribution in [0.5, 0.6) is 0 Å². The van der Waals surface area contributed by atoms with Gasteiger partial charge in [-0.3, -0.25) is 4.79 Å². The van der Waals surface area contributed by atoms with Crippen LogP contribution < -0.4 is 5.32 Å². The van der Waals surface area contributed by atoms with E-state index in [4.69, 9.17) is 0 Å². The quantitative estimate of drug-likeness (QED) is 0.797. The Hall–Kier alpha value is -1.53. The second-order valence-corrected chi connectivity index (χ2v) is 4.57. The van der Waals surface area contributed by atoms with Crippen LogP contribution in [0.4, 0.5) is 0 Å². The van der Waals surface area contributed by atoms with Crippen molar-refractivity contribution in [3.63, 3.8) is 0 Å². The molecule has 3 heterocycles. The molecule has 0 aliphatic carbocycles. The van der Waals surface area contributed by atoms with Crippen LogP contribution in [-0.2, 0) is 6.54 Å². The van der Waals surface area contributed by atoms with Gasteiger partial charge in [-0.1, -0.05) is 0 Å². The monoisotopic (exact) mass is 234 g/mol. The number of carbonyl (C=O) groups excluding carboxylic acids is 1. The number of Topliss-reactive ketones (excluding diaryl/α,β-unsaturated/α-hetero) is 1. The smallest absolute Gasteiger partial charge is 0.210 e. The SMILES string of the molecule is Cc1csc(-n2cc3c(n2)CNCC3=O)n1. The number of nitrogens with zero attached hydrogens (tertiary/aromatic N) is 3. The van der Waals surface area contributed by atoms with Crippen molar-refractivity contribution in [2.75, 3.05) is 6.54 Å². The molecule has 0 atom stereocenters. The second-order valence-electron chi connectivity index (χ2n) is 3.73. The highest BCUT2D eigenvalue weighted by molar-refractivity contribution is 7.12. The van der Waals surface area contributed by atoms with Crippen LogP contribution in [0.15, 0.2) is 11.6 Å². The molecule has 0 bridgehead atoms. The minimum absolute atomic E-state index is 0.0979. The molecule has 2 aromatic heterocycles. The number of hydrogen-bond acceptors (Lipinski definition) is 5. The summed E-state index contributed by atoms with van der Waals surface area (Å²) in [6.07, 6.45) is 1.77. The fraction of sp³-hybridized carbons (Fsp3) is 0.300. The normalized spacial score (nSPS) is 15.2. The fourth-order valence-corrected chi connectivity index (χ4v) is 2.43. The molecule has 0 saturated carbocycles. The maximum absolute atomic E-state index is 11.6. The molecule has 1 N–H and O–H groups in total. The van der Waals surface area contributed by atoms with Crippen LogP contribution in [0.2, 0.25) is 0 Å². The molecule has 0 spiro atoms. The standard InChI is InChI=1S/C10H10N4OS/c1-6-5-16-10(12-6)14-4-7-8(13-14)2-11-3-9(7)15/h4-5,11H,2-3H2,1H3. The molecule has 2 aromatic rings. The van der Waals surface area contributed by atoms with Crippen molar-refractivity contribution in [3.05, 3.63) is 28.5 Å². The molecule has 0 amide bonds. The Morgan fingerprint density at radius 3 is 3.06 bits per heavy atom. The highest BCUT2D eigenvalue weighted by atomic mass is 32.1. The molecule has 5 nitrogen and oxygen atoms in total. The second kappa shape index (κ2) is 3.50. The molecule has 82 valence electrons. The highest BCUT2D eigenvalue weighted by Crippen LogP contribution is 2.18. The lowest BCUT2D eigenvalue weighted by molar-refractivity contribution is 0.0982. The zero-order valence-electron chi connectivity index (χ0n) is 8.73. The van der Waals surface area contributed by atoms with Crippen molar-refractivity contribution in [2.24, 2.45) is 0 Å². The average Bonchev–Trinajstić information content (AvgIpc) is 2.84. The van der Waals surface area contributed by atoms with Gasteiger partial charge < -0.3 is 5.32 Å². The van der Waals surface area contributed by atoms with E-state index in [-0.39, 0.29) is 5.78 Å². The number of rotatable bonds is 1. The zero-order valence-corrected chi connectivity index (χ0v) is 9.54. The van der Waals surface area contributed by atoms with Gasteiger partial charge in [-0.05, 0) is 6.92 Å². The fourth-order valence-electron chi connectivity index (χ4n) is 1.71. The third-order valence-corrected chi connectivity index (χ3v) is 3.42.